The maximum absolute atomic E-state index is 10.4. The second-order valence-electron chi connectivity index (χ2n) is 1.88. The second kappa shape index (κ2) is 2.73. The normalized spacial score (nSPS) is 13.1. The van der Waals surface area contributed by atoms with Crippen molar-refractivity contribution in [2.24, 2.45) is 0 Å². The van der Waals surface area contributed by atoms with E-state index in [1.807, 2.05) is 0 Å². The first-order valence-electron chi connectivity index (χ1n) is 2.58. The van der Waals surface area contributed by atoms with Crippen molar-refractivity contribution in [1.29, 1.82) is 0 Å². The first-order valence-corrected chi connectivity index (χ1v) is 5.46. The van der Waals surface area contributed by atoms with E-state index in [0.717, 1.165) is 0 Å². The Morgan fingerprint density at radius 3 is 1.46 bits per heavy atom. The molecule has 0 amide bonds. The topological polar surface area (TPSA) is 150 Å². The molecule has 1 aromatic rings. The molecule has 0 unspecified atom stereocenters. The standard InChI is InChI=1S/C2H3N3O6S2/c6-12(7,8)1-2(4-5-3-1)13(9,10)11/h(H,3,4,5)(H,6,7,8)(H,9,10,11). The van der Waals surface area contributed by atoms with Crippen molar-refractivity contribution in [3.63, 3.8) is 0 Å². The predicted octanol–water partition coefficient (Wildman–Crippen LogP) is -1.70. The van der Waals surface area contributed by atoms with Crippen molar-refractivity contribution in [1.82, 2.24) is 15.4 Å². The Bertz CT molecular complexity index is 463. The molecule has 0 atom stereocenters. The third kappa shape index (κ3) is 2.00. The van der Waals surface area contributed by atoms with Gasteiger partial charge in [0, 0.05) is 0 Å². The van der Waals surface area contributed by atoms with Gasteiger partial charge in [-0.15, -0.1) is 10.2 Å². The van der Waals surface area contributed by atoms with Crippen molar-refractivity contribution >= 4 is 20.2 Å². The zero-order valence-corrected chi connectivity index (χ0v) is 7.37. The number of nitrogens with one attached hydrogen (secondary N) is 1. The molecule has 1 heterocycles. The van der Waals surface area contributed by atoms with Gasteiger partial charge in [-0.1, -0.05) is 0 Å². The van der Waals surface area contributed by atoms with Gasteiger partial charge in [-0.05, 0) is 0 Å². The van der Waals surface area contributed by atoms with Crippen LogP contribution in [0.5, 0.6) is 0 Å². The number of hydrogen-bond acceptors (Lipinski definition) is 6. The minimum Gasteiger partial charge on any atom is -0.280 e. The Balaban J connectivity index is 3.54. The summed E-state index contributed by atoms with van der Waals surface area (Å²) in [7, 11) is -9.63. The lowest BCUT2D eigenvalue weighted by atomic mass is 10.9. The fourth-order valence-electron chi connectivity index (χ4n) is 0.547. The molecule has 1 aromatic heterocycles. The van der Waals surface area contributed by atoms with Gasteiger partial charge in [0.05, 0.1) is 0 Å². The van der Waals surface area contributed by atoms with E-state index < -0.39 is 30.3 Å². The summed E-state index contributed by atoms with van der Waals surface area (Å²) >= 11 is 0. The van der Waals surface area contributed by atoms with Crippen LogP contribution in [0.1, 0.15) is 0 Å². The average molecular weight is 229 g/mol. The summed E-state index contributed by atoms with van der Waals surface area (Å²) in [6.45, 7) is 0. The molecule has 0 bridgehead atoms. The molecule has 11 heteroatoms. The number of aromatic nitrogens is 3. The predicted molar refractivity (Wildman–Crippen MR) is 36.0 cm³/mol. The van der Waals surface area contributed by atoms with E-state index in [0.29, 0.717) is 0 Å². The lowest BCUT2D eigenvalue weighted by Gasteiger charge is -1.91. The van der Waals surface area contributed by atoms with Crippen LogP contribution >= 0.6 is 0 Å². The van der Waals surface area contributed by atoms with Gasteiger partial charge in [-0.25, -0.2) is 0 Å². The number of rotatable bonds is 2. The van der Waals surface area contributed by atoms with Crippen LogP contribution in [0.15, 0.2) is 10.1 Å². The van der Waals surface area contributed by atoms with Crippen LogP contribution in [0.2, 0.25) is 0 Å². The van der Waals surface area contributed by atoms with Gasteiger partial charge in [0.15, 0.2) is 0 Å². The van der Waals surface area contributed by atoms with Gasteiger partial charge in [-0.3, -0.25) is 9.11 Å². The summed E-state index contributed by atoms with van der Waals surface area (Å²) in [5.74, 6) is 0. The largest absolute Gasteiger partial charge is 0.317 e. The van der Waals surface area contributed by atoms with Gasteiger partial charge >= 0.3 is 20.2 Å². The van der Waals surface area contributed by atoms with Gasteiger partial charge in [0.1, 0.15) is 0 Å². The molecular weight excluding hydrogens is 226 g/mol. The molecule has 0 saturated heterocycles. The third-order valence-electron chi connectivity index (χ3n) is 0.975. The highest BCUT2D eigenvalue weighted by molar-refractivity contribution is 7.88. The van der Waals surface area contributed by atoms with Gasteiger partial charge < -0.3 is 0 Å². The molecule has 0 fully saturated rings. The molecule has 0 saturated carbocycles. The van der Waals surface area contributed by atoms with Gasteiger partial charge in [-0.2, -0.15) is 22.0 Å². The average Bonchev–Trinajstić information content (AvgIpc) is 2.27. The quantitative estimate of drug-likeness (QED) is 0.507. The smallest absolute Gasteiger partial charge is 0.280 e. The van der Waals surface area contributed by atoms with Crippen molar-refractivity contribution in [3.8, 4) is 0 Å². The van der Waals surface area contributed by atoms with E-state index in [-0.39, 0.29) is 0 Å². The highest BCUT2D eigenvalue weighted by Gasteiger charge is 2.28. The molecule has 0 aliphatic heterocycles. The van der Waals surface area contributed by atoms with Crippen LogP contribution in [-0.2, 0) is 20.2 Å². The molecule has 13 heavy (non-hydrogen) atoms. The maximum Gasteiger partial charge on any atom is 0.317 e. The Morgan fingerprint density at radius 2 is 1.23 bits per heavy atom. The minimum absolute atomic E-state index is 1.24. The summed E-state index contributed by atoms with van der Waals surface area (Å²) in [4.78, 5) is 0. The Hall–Kier alpha value is -1.04. The first kappa shape index (κ1) is 10.0. The van der Waals surface area contributed by atoms with Gasteiger partial charge in [0.25, 0.3) is 0 Å². The van der Waals surface area contributed by atoms with Crippen LogP contribution in [-0.4, -0.2) is 41.4 Å². The minimum atomic E-state index is -4.82. The van der Waals surface area contributed by atoms with E-state index in [9.17, 15) is 16.8 Å². The lowest BCUT2D eigenvalue weighted by molar-refractivity contribution is 0.461. The first-order chi connectivity index (χ1) is 5.73. The molecule has 1 rings (SSSR count). The van der Waals surface area contributed by atoms with Crippen LogP contribution in [0.3, 0.4) is 0 Å². The molecule has 0 radical (unpaired) electrons. The lowest BCUT2D eigenvalue weighted by Crippen LogP contribution is -2.07. The van der Waals surface area contributed by atoms with Crippen molar-refractivity contribution in [2.75, 3.05) is 0 Å². The number of hydrogen-bond donors (Lipinski definition) is 3. The molecule has 74 valence electrons. The van der Waals surface area contributed by atoms with Crippen LogP contribution in [0.4, 0.5) is 0 Å². The molecule has 0 aliphatic rings. The monoisotopic (exact) mass is 229 g/mol. The number of aromatic amines is 1. The van der Waals surface area contributed by atoms with E-state index in [1.165, 1.54) is 0 Å². The Kier molecular flexibility index (Phi) is 2.11. The summed E-state index contributed by atoms with van der Waals surface area (Å²) in [5.41, 5.74) is 0. The highest BCUT2D eigenvalue weighted by Crippen LogP contribution is 2.13. The van der Waals surface area contributed by atoms with Crippen LogP contribution in [0.25, 0.3) is 0 Å². The third-order valence-corrected chi connectivity index (χ3v) is 2.65. The van der Waals surface area contributed by atoms with Crippen molar-refractivity contribution in [3.05, 3.63) is 0 Å². The fourth-order valence-corrected chi connectivity index (χ4v) is 2.02. The SMILES string of the molecule is O=S(=O)(O)c1n[nH]nc1S(=O)(=O)O. The summed E-state index contributed by atoms with van der Waals surface area (Å²) < 4.78 is 58.5. The van der Waals surface area contributed by atoms with Crippen molar-refractivity contribution < 1.29 is 25.9 Å². The number of nitrogens with zero attached hydrogens (tertiary/aromatic N) is 2. The van der Waals surface area contributed by atoms with Crippen LogP contribution in [0, 0.1) is 0 Å². The zero-order valence-electron chi connectivity index (χ0n) is 5.74. The fraction of sp³-hybridized carbons (Fsp3) is 0. The summed E-state index contributed by atoms with van der Waals surface area (Å²) in [6, 6.07) is 0. The molecule has 9 nitrogen and oxygen atoms in total. The molecule has 0 aromatic carbocycles. The van der Waals surface area contributed by atoms with Gasteiger partial charge in [0.2, 0.25) is 10.1 Å². The van der Waals surface area contributed by atoms with Crippen molar-refractivity contribution in [2.45, 2.75) is 10.1 Å². The summed E-state index contributed by atoms with van der Waals surface area (Å²) in [5, 5.41) is 4.83. The second-order valence-corrected chi connectivity index (χ2v) is 4.56. The Morgan fingerprint density at radius 1 is 0.923 bits per heavy atom. The molecular formula is C2H3N3O6S2. The molecule has 0 spiro atoms. The molecule has 0 aliphatic carbocycles. The summed E-state index contributed by atoms with van der Waals surface area (Å²) in [6.07, 6.45) is 0. The van der Waals surface area contributed by atoms with E-state index in [1.54, 1.807) is 5.21 Å². The zero-order chi connectivity index (χ0) is 10.3. The highest BCUT2D eigenvalue weighted by atomic mass is 32.2. The number of H-pyrrole nitrogens is 1. The van der Waals surface area contributed by atoms with E-state index >= 15 is 0 Å². The van der Waals surface area contributed by atoms with Crippen LogP contribution < -0.4 is 0 Å². The van der Waals surface area contributed by atoms with E-state index in [2.05, 4.69) is 10.2 Å². The molecule has 3 N–H and O–H groups in total. The van der Waals surface area contributed by atoms with E-state index in [4.69, 9.17) is 9.11 Å². The Labute approximate surface area is 72.3 Å². The maximum atomic E-state index is 10.4.